The van der Waals surface area contributed by atoms with Gasteiger partial charge in [-0.15, -0.1) is 5.10 Å². The number of nitrogens with two attached hydrogens (primary N) is 3. The average molecular weight is 697 g/mol. The third-order valence-corrected chi connectivity index (χ3v) is 16.2. The summed E-state index contributed by atoms with van der Waals surface area (Å²) >= 11 is 0. The maximum atomic E-state index is 13.5. The van der Waals surface area contributed by atoms with Crippen molar-refractivity contribution < 1.29 is 24.2 Å². The van der Waals surface area contributed by atoms with Crippen molar-refractivity contribution in [3.8, 4) is 0 Å². The Labute approximate surface area is 298 Å². The summed E-state index contributed by atoms with van der Waals surface area (Å²) in [5.74, 6) is -0.519. The highest BCUT2D eigenvalue weighted by molar-refractivity contribution is 5.89. The maximum absolute atomic E-state index is 13.5. The van der Waals surface area contributed by atoms with Crippen LogP contribution in [0, 0.1) is 62.6 Å². The van der Waals surface area contributed by atoms with E-state index in [-0.39, 0.29) is 51.7 Å². The van der Waals surface area contributed by atoms with Crippen LogP contribution in [0.3, 0.4) is 0 Å². The molecule has 1 aromatic rings. The Hall–Kier alpha value is -2.50. The van der Waals surface area contributed by atoms with Gasteiger partial charge in [0.15, 0.2) is 0 Å². The van der Waals surface area contributed by atoms with Gasteiger partial charge in [-0.3, -0.25) is 9.59 Å². The summed E-state index contributed by atoms with van der Waals surface area (Å²) in [6, 6.07) is -0.399. The van der Waals surface area contributed by atoms with Crippen LogP contribution in [0.4, 0.5) is 5.95 Å². The highest BCUT2D eigenvalue weighted by atomic mass is 16.5. The maximum Gasteiger partial charge on any atom is 0.307 e. The van der Waals surface area contributed by atoms with Crippen LogP contribution >= 0.6 is 0 Å². The topological polar surface area (TPSA) is 182 Å². The first-order valence-electron chi connectivity index (χ1n) is 19.0. The first-order chi connectivity index (χ1) is 23.1. The van der Waals surface area contributed by atoms with Crippen LogP contribution < -0.4 is 17.2 Å². The molecule has 0 aromatic carbocycles. The zero-order valence-corrected chi connectivity index (χ0v) is 32.2. The van der Waals surface area contributed by atoms with Crippen LogP contribution in [0.1, 0.15) is 124 Å². The number of carboxylic acids is 1. The molecule has 11 nitrogen and oxygen atoms in total. The molecule has 0 spiro atoms. The number of fused-ring (bicyclic) bond motifs is 3. The van der Waals surface area contributed by atoms with E-state index in [1.165, 1.54) is 5.57 Å². The number of rotatable bonds is 9. The van der Waals surface area contributed by atoms with Gasteiger partial charge in [0.1, 0.15) is 0 Å². The van der Waals surface area contributed by atoms with Crippen molar-refractivity contribution in [3.63, 3.8) is 0 Å². The lowest BCUT2D eigenvalue weighted by Crippen LogP contribution is -2.69. The summed E-state index contributed by atoms with van der Waals surface area (Å²) < 4.78 is 15.2. The Balaban J connectivity index is 1.49. The number of hydrogen-bond donors (Lipinski definition) is 4. The second-order valence-electron chi connectivity index (χ2n) is 19.1. The Morgan fingerprint density at radius 3 is 2.38 bits per heavy atom. The van der Waals surface area contributed by atoms with Gasteiger partial charge in [0.25, 0.3) is 5.91 Å². The number of ether oxygens (including phenoxy) is 2. The number of carboxylic acid groups (broad SMARTS) is 1. The summed E-state index contributed by atoms with van der Waals surface area (Å²) in [5, 5.41) is 15.7. The van der Waals surface area contributed by atoms with E-state index in [0.717, 1.165) is 25.7 Å². The van der Waals surface area contributed by atoms with Gasteiger partial charge in [0.05, 0.1) is 37.9 Å². The third kappa shape index (κ3) is 5.06. The number of carbonyl (C=O) groups is 2. The number of primary amides is 1. The first-order valence-corrected chi connectivity index (χ1v) is 19.0. The second-order valence-corrected chi connectivity index (χ2v) is 19.1. The lowest BCUT2D eigenvalue weighted by molar-refractivity contribution is -0.252. The number of anilines is 1. The van der Waals surface area contributed by atoms with Crippen molar-refractivity contribution in [2.24, 2.45) is 74.0 Å². The Morgan fingerprint density at radius 1 is 1.10 bits per heavy atom. The monoisotopic (exact) mass is 696 g/mol. The third-order valence-electron chi connectivity index (χ3n) is 16.2. The normalized spacial score (nSPS) is 42.9. The standard InChI is InChI=1S/C39H64N6O5/c1-21(2)23(5)34(6)15-16-36(8)24-11-12-27-35(7)18-49-20-39(27,25(24)13-14-37(36,9)28(34)32(47)48)17-26(29(35)50-19-38(10,42)22(3)4)45-31(30(40)46)43-33(41)44-45/h13,21-24,26-29H,11-12,14-20,42H2,1-10H3,(H2,40,46)(H2,41,44)(H,47,48)/t23-,24+,26-,27+,28-,29+,34-,35-,36-,37+,38+,39+/m1/s1. The van der Waals surface area contributed by atoms with E-state index in [1.807, 2.05) is 6.92 Å². The molecule has 0 unspecified atom stereocenters. The lowest BCUT2D eigenvalue weighted by Gasteiger charge is -2.71. The van der Waals surface area contributed by atoms with Gasteiger partial charge >= 0.3 is 5.97 Å². The van der Waals surface area contributed by atoms with Crippen molar-refractivity contribution in [1.82, 2.24) is 14.8 Å². The molecular weight excluding hydrogens is 632 g/mol. The number of nitrogens with zero attached hydrogens (tertiary/aromatic N) is 3. The molecule has 1 amide bonds. The largest absolute Gasteiger partial charge is 0.481 e. The van der Waals surface area contributed by atoms with E-state index in [9.17, 15) is 14.7 Å². The molecule has 2 heterocycles. The fourth-order valence-electron chi connectivity index (χ4n) is 12.3. The van der Waals surface area contributed by atoms with E-state index >= 15 is 0 Å². The first kappa shape index (κ1) is 37.3. The van der Waals surface area contributed by atoms with Crippen molar-refractivity contribution in [2.75, 3.05) is 25.6 Å². The Bertz CT molecular complexity index is 1550. The van der Waals surface area contributed by atoms with Gasteiger partial charge < -0.3 is 31.8 Å². The highest BCUT2D eigenvalue weighted by Crippen LogP contribution is 2.75. The highest BCUT2D eigenvalue weighted by Gasteiger charge is 2.72. The minimum Gasteiger partial charge on any atom is -0.481 e. The number of amides is 1. The second kappa shape index (κ2) is 12.0. The van der Waals surface area contributed by atoms with Crippen LogP contribution in [0.5, 0.6) is 0 Å². The van der Waals surface area contributed by atoms with Crippen molar-refractivity contribution in [2.45, 2.75) is 125 Å². The molecule has 1 aliphatic heterocycles. The van der Waals surface area contributed by atoms with E-state index < -0.39 is 46.3 Å². The molecule has 4 fully saturated rings. The summed E-state index contributed by atoms with van der Waals surface area (Å²) in [5.41, 5.74) is 17.9. The molecule has 7 N–H and O–H groups in total. The van der Waals surface area contributed by atoms with Gasteiger partial charge in [0, 0.05) is 16.4 Å². The summed E-state index contributed by atoms with van der Waals surface area (Å²) in [6.45, 7) is 23.5. The molecule has 3 saturated carbocycles. The van der Waals surface area contributed by atoms with E-state index in [2.05, 4.69) is 78.5 Å². The Kier molecular flexibility index (Phi) is 8.96. The van der Waals surface area contributed by atoms with Gasteiger partial charge in [0.2, 0.25) is 11.8 Å². The smallest absolute Gasteiger partial charge is 0.307 e. The quantitative estimate of drug-likeness (QED) is 0.230. The molecule has 280 valence electrons. The van der Waals surface area contributed by atoms with Gasteiger partial charge in [-0.2, -0.15) is 4.98 Å². The molecule has 11 heteroatoms. The van der Waals surface area contributed by atoms with Gasteiger partial charge in [-0.05, 0) is 91.3 Å². The number of nitrogen functional groups attached to an aromatic ring is 1. The molecule has 1 aromatic heterocycles. The molecular formula is C39H64N6O5. The Morgan fingerprint density at radius 2 is 1.78 bits per heavy atom. The summed E-state index contributed by atoms with van der Waals surface area (Å²) in [6.07, 6.45) is 7.17. The van der Waals surface area contributed by atoms with Gasteiger partial charge in [-0.25, -0.2) is 4.68 Å². The number of allylic oxidation sites excluding steroid dienone is 1. The lowest BCUT2D eigenvalue weighted by atomic mass is 9.34. The number of aliphatic carboxylic acids is 1. The fraction of sp³-hybridized carbons (Fsp3) is 0.846. The predicted octanol–water partition coefficient (Wildman–Crippen LogP) is 5.85. The number of carbonyl (C=O) groups excluding carboxylic acids is 1. The minimum atomic E-state index is -0.688. The zero-order valence-electron chi connectivity index (χ0n) is 32.2. The van der Waals surface area contributed by atoms with Gasteiger partial charge in [-0.1, -0.05) is 74.0 Å². The van der Waals surface area contributed by atoms with Crippen molar-refractivity contribution in [3.05, 3.63) is 17.5 Å². The molecule has 1 saturated heterocycles. The molecule has 6 rings (SSSR count). The van der Waals surface area contributed by atoms with Crippen LogP contribution in [-0.2, 0) is 14.3 Å². The minimum absolute atomic E-state index is 0.00291. The fourth-order valence-corrected chi connectivity index (χ4v) is 12.3. The SMILES string of the molecule is CC(C)[C@@H](C)[C@@]1(C)CC[C@]2(C)[C@H]3CC[C@@H]4[C@@]5(COC[C@@]4(C)[C@@H](OC[C@](C)(N)C(C)C)[C@H](n4nc(N)nc4C(N)=O)C5)C3=CC[C@@]2(C)[C@@H]1C(=O)O. The predicted molar refractivity (Wildman–Crippen MR) is 193 cm³/mol. The van der Waals surface area contributed by atoms with Crippen LogP contribution in [0.2, 0.25) is 0 Å². The molecule has 0 radical (unpaired) electrons. The molecule has 2 bridgehead atoms. The van der Waals surface area contributed by atoms with Crippen LogP contribution in [0.15, 0.2) is 11.6 Å². The summed E-state index contributed by atoms with van der Waals surface area (Å²) in [4.78, 5) is 30.5. The number of aromatic nitrogens is 3. The van der Waals surface area contributed by atoms with E-state index in [1.54, 1.807) is 4.68 Å². The average Bonchev–Trinajstić information content (AvgIpc) is 3.41. The van der Waals surface area contributed by atoms with Crippen molar-refractivity contribution in [1.29, 1.82) is 0 Å². The van der Waals surface area contributed by atoms with Crippen molar-refractivity contribution >= 4 is 17.8 Å². The molecule has 5 aliphatic rings. The molecule has 12 atom stereocenters. The van der Waals surface area contributed by atoms with Crippen LogP contribution in [0.25, 0.3) is 0 Å². The summed E-state index contributed by atoms with van der Waals surface area (Å²) in [7, 11) is 0. The van der Waals surface area contributed by atoms with E-state index in [0.29, 0.717) is 38.6 Å². The molecule has 4 aliphatic carbocycles. The molecule has 50 heavy (non-hydrogen) atoms. The zero-order chi connectivity index (χ0) is 37.0. The van der Waals surface area contributed by atoms with E-state index in [4.69, 9.17) is 26.7 Å². The van der Waals surface area contributed by atoms with Crippen LogP contribution in [-0.4, -0.2) is 63.2 Å². The number of hydrogen-bond acceptors (Lipinski definition) is 8.